The van der Waals surface area contributed by atoms with Crippen molar-refractivity contribution in [2.24, 2.45) is 4.99 Å². The van der Waals surface area contributed by atoms with E-state index in [1.165, 1.54) is 24.9 Å². The summed E-state index contributed by atoms with van der Waals surface area (Å²) >= 11 is 1.98. The van der Waals surface area contributed by atoms with E-state index in [4.69, 9.17) is 0 Å². The third kappa shape index (κ3) is 6.79. The van der Waals surface area contributed by atoms with Gasteiger partial charge in [0.15, 0.2) is 5.96 Å². The van der Waals surface area contributed by atoms with Gasteiger partial charge in [-0.25, -0.2) is 0 Å². The molecule has 130 valence electrons. The minimum Gasteiger partial charge on any atom is -0.373 e. The number of guanidine groups is 1. The highest BCUT2D eigenvalue weighted by Gasteiger charge is 2.24. The molecule has 6 heteroatoms. The van der Waals surface area contributed by atoms with E-state index in [0.717, 1.165) is 24.3 Å². The monoisotopic (exact) mass is 448 g/mol. The first-order valence-electron chi connectivity index (χ1n) is 7.99. The second-order valence-corrected chi connectivity index (χ2v) is 6.91. The molecule has 1 aromatic carbocycles. The average Bonchev–Trinajstić information content (AvgIpc) is 3.02. The lowest BCUT2D eigenvalue weighted by atomic mass is 10.2. The van der Waals surface area contributed by atoms with Gasteiger partial charge in [0.05, 0.1) is 0 Å². The van der Waals surface area contributed by atoms with Crippen LogP contribution in [0.15, 0.2) is 35.3 Å². The number of nitrogens with zero attached hydrogens (tertiary/aromatic N) is 2. The minimum absolute atomic E-state index is 0. The Morgan fingerprint density at radius 1 is 1.30 bits per heavy atom. The first-order chi connectivity index (χ1) is 10.7. The first kappa shape index (κ1) is 20.4. The van der Waals surface area contributed by atoms with Gasteiger partial charge in [0.25, 0.3) is 0 Å². The van der Waals surface area contributed by atoms with E-state index in [1.807, 2.05) is 24.9 Å². The molecule has 2 rings (SSSR count). The molecule has 0 spiro atoms. The fourth-order valence-corrected chi connectivity index (χ4v) is 3.62. The van der Waals surface area contributed by atoms with Crippen LogP contribution in [-0.2, 0) is 0 Å². The van der Waals surface area contributed by atoms with Crippen molar-refractivity contribution in [1.29, 1.82) is 0 Å². The molecule has 0 heterocycles. The van der Waals surface area contributed by atoms with Crippen molar-refractivity contribution >= 4 is 47.4 Å². The summed E-state index contributed by atoms with van der Waals surface area (Å²) in [5.41, 5.74) is 1.24. The summed E-state index contributed by atoms with van der Waals surface area (Å²) in [5.74, 6) is 0.924. The summed E-state index contributed by atoms with van der Waals surface area (Å²) in [5, 5.41) is 7.78. The lowest BCUT2D eigenvalue weighted by Crippen LogP contribution is -2.44. The third-order valence-corrected chi connectivity index (χ3v) is 5.31. The van der Waals surface area contributed by atoms with E-state index in [-0.39, 0.29) is 24.0 Å². The van der Waals surface area contributed by atoms with Crippen LogP contribution in [-0.4, -0.2) is 50.7 Å². The van der Waals surface area contributed by atoms with Crippen molar-refractivity contribution in [2.45, 2.75) is 30.6 Å². The van der Waals surface area contributed by atoms with Crippen LogP contribution >= 0.6 is 35.7 Å². The summed E-state index contributed by atoms with van der Waals surface area (Å²) in [6.07, 6.45) is 6.01. The van der Waals surface area contributed by atoms with Gasteiger partial charge < -0.3 is 15.5 Å². The largest absolute Gasteiger partial charge is 0.373 e. The predicted octanol–water partition coefficient (Wildman–Crippen LogP) is 3.19. The zero-order valence-corrected chi connectivity index (χ0v) is 17.4. The lowest BCUT2D eigenvalue weighted by molar-refractivity contribution is 0.614. The summed E-state index contributed by atoms with van der Waals surface area (Å²) in [6, 6.07) is 11.0. The van der Waals surface area contributed by atoms with Crippen molar-refractivity contribution in [3.05, 3.63) is 30.3 Å². The normalized spacial score (nSPS) is 20.7. The molecule has 1 aliphatic carbocycles. The van der Waals surface area contributed by atoms with Gasteiger partial charge in [-0.3, -0.25) is 4.99 Å². The average molecular weight is 448 g/mol. The lowest BCUT2D eigenvalue weighted by Gasteiger charge is -2.21. The number of thioether (sulfide) groups is 1. The maximum Gasteiger partial charge on any atom is 0.191 e. The van der Waals surface area contributed by atoms with Gasteiger partial charge in [-0.1, -0.05) is 18.2 Å². The smallest absolute Gasteiger partial charge is 0.191 e. The van der Waals surface area contributed by atoms with Crippen LogP contribution in [0, 0.1) is 0 Å². The molecule has 1 aromatic rings. The van der Waals surface area contributed by atoms with Gasteiger partial charge >= 0.3 is 0 Å². The van der Waals surface area contributed by atoms with Crippen LogP contribution in [0.4, 0.5) is 5.69 Å². The number of anilines is 1. The Morgan fingerprint density at radius 2 is 2.04 bits per heavy atom. The Labute approximate surface area is 161 Å². The van der Waals surface area contributed by atoms with E-state index < -0.39 is 0 Å². The molecule has 0 bridgehead atoms. The highest BCUT2D eigenvalue weighted by molar-refractivity contribution is 14.0. The van der Waals surface area contributed by atoms with E-state index in [0.29, 0.717) is 6.04 Å². The highest BCUT2D eigenvalue weighted by atomic mass is 127. The molecule has 1 fully saturated rings. The number of nitrogens with one attached hydrogen (secondary N) is 2. The molecule has 4 nitrogen and oxygen atoms in total. The molecule has 0 aliphatic heterocycles. The molecule has 2 unspecified atom stereocenters. The quantitative estimate of drug-likeness (QED) is 0.399. The van der Waals surface area contributed by atoms with Gasteiger partial charge in [-0.05, 0) is 37.7 Å². The van der Waals surface area contributed by atoms with Crippen molar-refractivity contribution in [3.8, 4) is 0 Å². The molecule has 2 atom stereocenters. The molecule has 0 radical (unpaired) electrons. The number of para-hydroxylation sites is 1. The van der Waals surface area contributed by atoms with E-state index in [9.17, 15) is 0 Å². The molecular formula is C17H29IN4S. The van der Waals surface area contributed by atoms with E-state index >= 15 is 0 Å². The number of rotatable bonds is 6. The van der Waals surface area contributed by atoms with Crippen LogP contribution in [0.1, 0.15) is 19.3 Å². The topological polar surface area (TPSA) is 39.7 Å². The molecule has 0 amide bonds. The zero-order valence-electron chi connectivity index (χ0n) is 14.3. The zero-order chi connectivity index (χ0) is 15.8. The SMILES string of the molecule is CN=C(NCCN(C)c1ccccc1)NC1CCC(SC)C1.I. The molecule has 23 heavy (non-hydrogen) atoms. The second-order valence-electron chi connectivity index (χ2n) is 5.77. The fraction of sp³-hybridized carbons (Fsp3) is 0.588. The molecule has 2 N–H and O–H groups in total. The van der Waals surface area contributed by atoms with Crippen LogP contribution in [0.25, 0.3) is 0 Å². The number of likely N-dealkylation sites (N-methyl/N-ethyl adjacent to an activating group) is 1. The Morgan fingerprint density at radius 3 is 2.65 bits per heavy atom. The summed E-state index contributed by atoms with van der Waals surface area (Å²) in [4.78, 5) is 6.59. The summed E-state index contributed by atoms with van der Waals surface area (Å²) in [7, 11) is 3.96. The number of hydrogen-bond acceptors (Lipinski definition) is 3. The number of halogens is 1. The maximum absolute atomic E-state index is 4.34. The Balaban J connectivity index is 0.00000264. The Hall–Kier alpha value is -0.630. The summed E-state index contributed by atoms with van der Waals surface area (Å²) in [6.45, 7) is 1.83. The van der Waals surface area contributed by atoms with Gasteiger partial charge in [0.1, 0.15) is 0 Å². The van der Waals surface area contributed by atoms with Crippen LogP contribution in [0.3, 0.4) is 0 Å². The van der Waals surface area contributed by atoms with E-state index in [1.54, 1.807) is 0 Å². The maximum atomic E-state index is 4.34. The number of benzene rings is 1. The van der Waals surface area contributed by atoms with Crippen LogP contribution in [0.5, 0.6) is 0 Å². The third-order valence-electron chi connectivity index (χ3n) is 4.22. The summed E-state index contributed by atoms with van der Waals surface area (Å²) < 4.78 is 0. The minimum atomic E-state index is 0. The van der Waals surface area contributed by atoms with Crippen molar-refractivity contribution in [3.63, 3.8) is 0 Å². The van der Waals surface area contributed by atoms with Gasteiger partial charge in [0.2, 0.25) is 0 Å². The van der Waals surface area contributed by atoms with Crippen LogP contribution in [0.2, 0.25) is 0 Å². The number of aliphatic imine (C=N–C) groups is 1. The van der Waals surface area contributed by atoms with E-state index in [2.05, 4.69) is 58.1 Å². The van der Waals surface area contributed by atoms with Crippen molar-refractivity contribution in [1.82, 2.24) is 10.6 Å². The molecule has 1 saturated carbocycles. The molecule has 1 aliphatic rings. The van der Waals surface area contributed by atoms with Gasteiger partial charge in [0, 0.05) is 44.2 Å². The predicted molar refractivity (Wildman–Crippen MR) is 115 cm³/mol. The fourth-order valence-electron chi connectivity index (χ4n) is 2.83. The first-order valence-corrected chi connectivity index (χ1v) is 9.28. The highest BCUT2D eigenvalue weighted by Crippen LogP contribution is 2.27. The second kappa shape index (κ2) is 11.0. The molecule has 0 saturated heterocycles. The Bertz CT molecular complexity index is 469. The van der Waals surface area contributed by atoms with Crippen molar-refractivity contribution < 1.29 is 0 Å². The van der Waals surface area contributed by atoms with Gasteiger partial charge in [-0.15, -0.1) is 24.0 Å². The van der Waals surface area contributed by atoms with Gasteiger partial charge in [-0.2, -0.15) is 11.8 Å². The van der Waals surface area contributed by atoms with Crippen molar-refractivity contribution in [2.75, 3.05) is 38.3 Å². The molecular weight excluding hydrogens is 419 g/mol. The standard InChI is InChI=1S/C17H28N4S.HI/c1-18-17(20-14-9-10-16(13-14)22-3)19-11-12-21(2)15-7-5-4-6-8-15;/h4-8,14,16H,9-13H2,1-3H3,(H2,18,19,20);1H. The van der Waals surface area contributed by atoms with Crippen LogP contribution < -0.4 is 15.5 Å². The number of hydrogen-bond donors (Lipinski definition) is 2. The Kier molecular flexibility index (Phi) is 9.78. The molecule has 0 aromatic heterocycles.